The number of carbonyl (C=O) groups excluding carboxylic acids is 1. The van der Waals surface area contributed by atoms with Gasteiger partial charge in [0.05, 0.1) is 11.1 Å². The Morgan fingerprint density at radius 2 is 2.00 bits per heavy atom. The molecule has 2 heterocycles. The Balaban J connectivity index is 2.09. The zero-order chi connectivity index (χ0) is 17.5. The summed E-state index contributed by atoms with van der Waals surface area (Å²) < 4.78 is 0. The molecule has 1 amide bonds. The third-order valence-electron chi connectivity index (χ3n) is 3.90. The van der Waals surface area contributed by atoms with E-state index in [0.717, 1.165) is 47.5 Å². The average Bonchev–Trinajstić information content (AvgIpc) is 3.24. The number of nitrogens with zero attached hydrogens (tertiary/aromatic N) is 3. The average molecular weight is 366 g/mol. The van der Waals surface area contributed by atoms with E-state index in [1.165, 1.54) is 11.3 Å². The lowest BCUT2D eigenvalue weighted by molar-refractivity contribution is 0.0721. The summed E-state index contributed by atoms with van der Waals surface area (Å²) in [5.74, 6) is 0.562. The summed E-state index contributed by atoms with van der Waals surface area (Å²) in [7, 11) is 0. The van der Waals surface area contributed by atoms with E-state index in [9.17, 15) is 4.79 Å². The minimum atomic E-state index is 0.108. The van der Waals surface area contributed by atoms with Gasteiger partial charge in [0, 0.05) is 19.6 Å². The van der Waals surface area contributed by atoms with E-state index in [2.05, 4.69) is 37.6 Å². The fourth-order valence-electron chi connectivity index (χ4n) is 2.56. The maximum atomic E-state index is 12.9. The number of thiazole rings is 1. The summed E-state index contributed by atoms with van der Waals surface area (Å²) in [5, 5.41) is 2.97. The molecule has 0 bridgehead atoms. The molecule has 24 heavy (non-hydrogen) atoms. The molecular formula is C18H27N3OS2. The van der Waals surface area contributed by atoms with E-state index in [1.807, 2.05) is 22.4 Å². The molecule has 0 saturated carbocycles. The normalized spacial score (nSPS) is 11.4. The van der Waals surface area contributed by atoms with E-state index in [4.69, 9.17) is 0 Å². The lowest BCUT2D eigenvalue weighted by Crippen LogP contribution is -2.40. The van der Waals surface area contributed by atoms with Crippen LogP contribution < -0.4 is 0 Å². The largest absolute Gasteiger partial charge is 0.336 e. The summed E-state index contributed by atoms with van der Waals surface area (Å²) in [6, 6.07) is 4.06. The number of amides is 1. The SMILES string of the molecule is CCN(CC)CCN(CC(C)C)C(=O)c1cnc(-c2cccs2)s1. The van der Waals surface area contributed by atoms with Crippen LogP contribution in [0.25, 0.3) is 9.88 Å². The van der Waals surface area contributed by atoms with E-state index in [1.54, 1.807) is 17.5 Å². The quantitative estimate of drug-likeness (QED) is 0.664. The molecule has 4 nitrogen and oxygen atoms in total. The Morgan fingerprint density at radius 1 is 1.25 bits per heavy atom. The maximum absolute atomic E-state index is 12.9. The second-order valence-electron chi connectivity index (χ2n) is 6.18. The van der Waals surface area contributed by atoms with Crippen LogP contribution in [-0.2, 0) is 0 Å². The third kappa shape index (κ3) is 5.13. The highest BCUT2D eigenvalue weighted by Gasteiger charge is 2.20. The van der Waals surface area contributed by atoms with Gasteiger partial charge in [-0.1, -0.05) is 33.8 Å². The highest BCUT2D eigenvalue weighted by Crippen LogP contribution is 2.29. The van der Waals surface area contributed by atoms with Crippen LogP contribution in [0.1, 0.15) is 37.4 Å². The molecule has 0 unspecified atom stereocenters. The number of likely N-dealkylation sites (N-methyl/N-ethyl adjacent to an activating group) is 1. The van der Waals surface area contributed by atoms with Gasteiger partial charge >= 0.3 is 0 Å². The van der Waals surface area contributed by atoms with Crippen molar-refractivity contribution in [1.82, 2.24) is 14.8 Å². The van der Waals surface area contributed by atoms with Gasteiger partial charge in [-0.15, -0.1) is 22.7 Å². The molecule has 6 heteroatoms. The van der Waals surface area contributed by atoms with Crippen molar-refractivity contribution in [1.29, 1.82) is 0 Å². The van der Waals surface area contributed by atoms with E-state index < -0.39 is 0 Å². The lowest BCUT2D eigenvalue weighted by Gasteiger charge is -2.27. The first-order valence-electron chi connectivity index (χ1n) is 8.56. The Kier molecular flexibility index (Phi) is 7.40. The summed E-state index contributed by atoms with van der Waals surface area (Å²) in [6.07, 6.45) is 1.73. The molecule has 0 N–H and O–H groups in total. The van der Waals surface area contributed by atoms with Gasteiger partial charge in [0.25, 0.3) is 5.91 Å². The lowest BCUT2D eigenvalue weighted by atomic mass is 10.2. The van der Waals surface area contributed by atoms with Gasteiger partial charge in [0.1, 0.15) is 9.88 Å². The summed E-state index contributed by atoms with van der Waals surface area (Å²) >= 11 is 3.15. The summed E-state index contributed by atoms with van der Waals surface area (Å²) in [6.45, 7) is 13.1. The molecule has 0 aliphatic carbocycles. The fourth-order valence-corrected chi connectivity index (χ4v) is 4.25. The van der Waals surface area contributed by atoms with Gasteiger partial charge in [-0.2, -0.15) is 0 Å². The van der Waals surface area contributed by atoms with Crippen molar-refractivity contribution in [2.75, 3.05) is 32.7 Å². The second-order valence-corrected chi connectivity index (χ2v) is 8.16. The number of hydrogen-bond acceptors (Lipinski definition) is 5. The molecule has 0 aliphatic heterocycles. The van der Waals surface area contributed by atoms with E-state index >= 15 is 0 Å². The van der Waals surface area contributed by atoms with Crippen LogP contribution in [-0.4, -0.2) is 53.4 Å². The Hall–Kier alpha value is -1.24. The number of rotatable bonds is 9. The molecule has 0 saturated heterocycles. The predicted octanol–water partition coefficient (Wildman–Crippen LogP) is 4.31. The van der Waals surface area contributed by atoms with Gasteiger partial charge in [0.15, 0.2) is 0 Å². The van der Waals surface area contributed by atoms with Crippen molar-refractivity contribution in [3.63, 3.8) is 0 Å². The molecule has 0 aliphatic rings. The second kappa shape index (κ2) is 9.30. The van der Waals surface area contributed by atoms with Crippen LogP contribution in [0.5, 0.6) is 0 Å². The smallest absolute Gasteiger partial charge is 0.265 e. The van der Waals surface area contributed by atoms with Crippen molar-refractivity contribution in [3.05, 3.63) is 28.6 Å². The van der Waals surface area contributed by atoms with Crippen LogP contribution >= 0.6 is 22.7 Å². The van der Waals surface area contributed by atoms with Gasteiger partial charge in [-0.3, -0.25) is 4.79 Å². The van der Waals surface area contributed by atoms with E-state index in [0.29, 0.717) is 5.92 Å². The van der Waals surface area contributed by atoms with Crippen LogP contribution in [0.4, 0.5) is 0 Å². The number of thiophene rings is 1. The first kappa shape index (κ1) is 19.1. The zero-order valence-corrected chi connectivity index (χ0v) is 16.6. The van der Waals surface area contributed by atoms with Gasteiger partial charge in [-0.05, 0) is 30.5 Å². The molecule has 0 spiro atoms. The standard InChI is InChI=1S/C18H27N3OS2/c1-5-20(6-2)9-10-21(13-14(3)4)18(22)16-12-19-17(24-16)15-8-7-11-23-15/h7-8,11-12,14H,5-6,9-10,13H2,1-4H3. The van der Waals surface area contributed by atoms with Crippen molar-refractivity contribution < 1.29 is 4.79 Å². The highest BCUT2D eigenvalue weighted by molar-refractivity contribution is 7.21. The van der Waals surface area contributed by atoms with Crippen molar-refractivity contribution in [3.8, 4) is 9.88 Å². The predicted molar refractivity (Wildman–Crippen MR) is 104 cm³/mol. The minimum absolute atomic E-state index is 0.108. The van der Waals surface area contributed by atoms with Gasteiger partial charge < -0.3 is 9.80 Å². The van der Waals surface area contributed by atoms with Crippen LogP contribution in [0, 0.1) is 5.92 Å². The summed E-state index contributed by atoms with van der Waals surface area (Å²) in [4.78, 5) is 23.6. The topological polar surface area (TPSA) is 36.4 Å². The third-order valence-corrected chi connectivity index (χ3v) is 5.93. The Labute approximate surface area is 153 Å². The molecular weight excluding hydrogens is 338 g/mol. The van der Waals surface area contributed by atoms with Gasteiger partial charge in [0.2, 0.25) is 0 Å². The molecule has 2 aromatic rings. The summed E-state index contributed by atoms with van der Waals surface area (Å²) in [5.41, 5.74) is 0. The highest BCUT2D eigenvalue weighted by atomic mass is 32.1. The zero-order valence-electron chi connectivity index (χ0n) is 15.0. The maximum Gasteiger partial charge on any atom is 0.265 e. The van der Waals surface area contributed by atoms with Crippen molar-refractivity contribution >= 4 is 28.6 Å². The Morgan fingerprint density at radius 3 is 2.58 bits per heavy atom. The van der Waals surface area contributed by atoms with Crippen molar-refractivity contribution in [2.45, 2.75) is 27.7 Å². The van der Waals surface area contributed by atoms with Gasteiger partial charge in [-0.25, -0.2) is 4.98 Å². The fraction of sp³-hybridized carbons (Fsp3) is 0.556. The first-order valence-corrected chi connectivity index (χ1v) is 10.3. The molecule has 0 radical (unpaired) electrons. The molecule has 0 aromatic carbocycles. The molecule has 132 valence electrons. The van der Waals surface area contributed by atoms with Crippen LogP contribution in [0.15, 0.2) is 23.7 Å². The monoisotopic (exact) mass is 365 g/mol. The number of hydrogen-bond donors (Lipinski definition) is 0. The van der Waals surface area contributed by atoms with Crippen LogP contribution in [0.3, 0.4) is 0 Å². The molecule has 0 atom stereocenters. The minimum Gasteiger partial charge on any atom is -0.336 e. The molecule has 2 rings (SSSR count). The number of aromatic nitrogens is 1. The number of carbonyl (C=O) groups is 1. The Bertz CT molecular complexity index is 618. The van der Waals surface area contributed by atoms with Crippen LogP contribution in [0.2, 0.25) is 0 Å². The first-order chi connectivity index (χ1) is 11.5. The molecule has 0 fully saturated rings. The van der Waals surface area contributed by atoms with Crippen molar-refractivity contribution in [2.24, 2.45) is 5.92 Å². The molecule has 2 aromatic heterocycles. The van der Waals surface area contributed by atoms with E-state index in [-0.39, 0.29) is 5.91 Å².